The summed E-state index contributed by atoms with van der Waals surface area (Å²) in [5.74, 6) is 0. The molecule has 3 nitrogen and oxygen atoms in total. The van der Waals surface area contributed by atoms with Gasteiger partial charge >= 0.3 is 0 Å². The van der Waals surface area contributed by atoms with Crippen molar-refractivity contribution in [3.8, 4) is 0 Å². The first-order valence-electron chi connectivity index (χ1n) is 5.51. The monoisotopic (exact) mass is 313 g/mol. The number of aryl methyl sites for hydroxylation is 1. The first-order chi connectivity index (χ1) is 9.05. The van der Waals surface area contributed by atoms with Crippen molar-refractivity contribution < 1.29 is 8.42 Å². The van der Waals surface area contributed by atoms with Gasteiger partial charge < -0.3 is 0 Å². The van der Waals surface area contributed by atoms with Gasteiger partial charge in [0.1, 0.15) is 0 Å². The van der Waals surface area contributed by atoms with E-state index in [9.17, 15) is 8.42 Å². The lowest BCUT2D eigenvalue weighted by atomic mass is 10.2. The number of sulfonamides is 1. The molecule has 0 heterocycles. The highest BCUT2D eigenvalue weighted by Crippen LogP contribution is 2.32. The summed E-state index contributed by atoms with van der Waals surface area (Å²) >= 11 is 0.647. The van der Waals surface area contributed by atoms with Crippen LogP contribution in [0.2, 0.25) is 0 Å². The first kappa shape index (κ1) is 14.2. The molecule has 0 aromatic heterocycles. The van der Waals surface area contributed by atoms with Crippen LogP contribution < -0.4 is 3.71 Å². The third-order valence-corrected chi connectivity index (χ3v) is 5.89. The van der Waals surface area contributed by atoms with E-state index in [1.807, 2.05) is 13.0 Å². The lowest BCUT2D eigenvalue weighted by Gasteiger charge is -2.19. The summed E-state index contributed by atoms with van der Waals surface area (Å²) in [6.07, 6.45) is 0. The Labute approximate surface area is 121 Å². The van der Waals surface area contributed by atoms with Gasteiger partial charge in [0.15, 0.2) is 0 Å². The lowest BCUT2D eigenvalue weighted by Crippen LogP contribution is -2.22. The number of anilines is 1. The van der Waals surface area contributed by atoms with Crippen LogP contribution in [0.5, 0.6) is 0 Å². The Morgan fingerprint density at radius 2 is 1.58 bits per heavy atom. The summed E-state index contributed by atoms with van der Waals surface area (Å²) in [7, 11) is 2.07. The van der Waals surface area contributed by atoms with E-state index in [0.717, 1.165) is 9.27 Å². The zero-order chi connectivity index (χ0) is 13.9. The van der Waals surface area contributed by atoms with Crippen LogP contribution in [0.15, 0.2) is 59.5 Å². The molecule has 2 aromatic rings. The minimum atomic E-state index is -3.66. The fraction of sp³-hybridized carbons (Fsp3) is 0.0769. The number of benzene rings is 2. The fourth-order valence-corrected chi connectivity index (χ4v) is 4.31. The standard InChI is InChI=1S/C13H12ClNO2S2/c1-11-7-9-13(10-8-11)19(16,17)15(18-14)12-5-3-2-4-6-12/h2-10H,1H3. The maximum Gasteiger partial charge on any atom is 0.274 e. The normalized spacial score (nSPS) is 11.3. The molecule has 0 aliphatic rings. The van der Waals surface area contributed by atoms with Crippen molar-refractivity contribution in [1.29, 1.82) is 0 Å². The zero-order valence-electron chi connectivity index (χ0n) is 10.2. The van der Waals surface area contributed by atoms with Gasteiger partial charge in [-0.2, -0.15) is 3.71 Å². The highest BCUT2D eigenvalue weighted by atomic mass is 35.7. The Balaban J connectivity index is 2.45. The van der Waals surface area contributed by atoms with Gasteiger partial charge in [0.2, 0.25) is 0 Å². The molecule has 0 bridgehead atoms. The molecular formula is C13H12ClNO2S2. The van der Waals surface area contributed by atoms with Crippen LogP contribution in [0.3, 0.4) is 0 Å². The largest absolute Gasteiger partial charge is 0.274 e. The lowest BCUT2D eigenvalue weighted by molar-refractivity contribution is 0.598. The van der Waals surface area contributed by atoms with E-state index in [0.29, 0.717) is 16.8 Å². The second kappa shape index (κ2) is 5.86. The second-order valence-corrected chi connectivity index (χ2v) is 6.88. The predicted molar refractivity (Wildman–Crippen MR) is 80.7 cm³/mol. The molecule has 2 aromatic carbocycles. The van der Waals surface area contributed by atoms with Gasteiger partial charge in [-0.3, -0.25) is 0 Å². The molecule has 0 radical (unpaired) electrons. The van der Waals surface area contributed by atoms with Crippen molar-refractivity contribution in [1.82, 2.24) is 0 Å². The molecule has 100 valence electrons. The molecule has 0 unspecified atom stereocenters. The van der Waals surface area contributed by atoms with Crippen LogP contribution in [0.1, 0.15) is 5.56 Å². The van der Waals surface area contributed by atoms with Crippen molar-refractivity contribution in [3.63, 3.8) is 0 Å². The number of para-hydroxylation sites is 1. The molecule has 0 amide bonds. The fourth-order valence-electron chi connectivity index (χ4n) is 1.57. The average molecular weight is 314 g/mol. The SMILES string of the molecule is Cc1ccc(S(=O)(=O)N(SCl)c2ccccc2)cc1. The van der Waals surface area contributed by atoms with Crippen LogP contribution in [0, 0.1) is 6.92 Å². The summed E-state index contributed by atoms with van der Waals surface area (Å²) in [4.78, 5) is 0.218. The third kappa shape index (κ3) is 3.05. The Morgan fingerprint density at radius 3 is 2.11 bits per heavy atom. The maximum absolute atomic E-state index is 12.5. The summed E-state index contributed by atoms with van der Waals surface area (Å²) in [5.41, 5.74) is 1.52. The Kier molecular flexibility index (Phi) is 4.39. The molecule has 6 heteroatoms. The van der Waals surface area contributed by atoms with Gasteiger partial charge in [-0.15, -0.1) is 0 Å². The van der Waals surface area contributed by atoms with E-state index in [1.54, 1.807) is 48.5 Å². The van der Waals surface area contributed by atoms with Gasteiger partial charge in [0.05, 0.1) is 21.7 Å². The molecule has 2 rings (SSSR count). The molecular weight excluding hydrogens is 302 g/mol. The van der Waals surface area contributed by atoms with Crippen LogP contribution in [-0.4, -0.2) is 8.42 Å². The molecule has 0 atom stereocenters. The number of nitrogens with zero attached hydrogens (tertiary/aromatic N) is 1. The summed E-state index contributed by atoms with van der Waals surface area (Å²) in [6.45, 7) is 1.90. The van der Waals surface area contributed by atoms with Gasteiger partial charge in [-0.25, -0.2) is 8.42 Å². The molecule has 0 saturated heterocycles. The zero-order valence-corrected chi connectivity index (χ0v) is 12.5. The highest BCUT2D eigenvalue weighted by molar-refractivity contribution is 8.29. The van der Waals surface area contributed by atoms with Gasteiger partial charge in [-0.05, 0) is 41.9 Å². The predicted octanol–water partition coefficient (Wildman–Crippen LogP) is 3.99. The van der Waals surface area contributed by atoms with Crippen LogP contribution in [0.4, 0.5) is 5.69 Å². The number of hydrogen-bond acceptors (Lipinski definition) is 3. The first-order valence-corrected chi connectivity index (χ1v) is 8.55. The van der Waals surface area contributed by atoms with Gasteiger partial charge in [0, 0.05) is 0 Å². The van der Waals surface area contributed by atoms with Crippen molar-refractivity contribution in [2.45, 2.75) is 11.8 Å². The average Bonchev–Trinajstić information content (AvgIpc) is 2.41. The summed E-state index contributed by atoms with van der Waals surface area (Å²) in [6, 6.07) is 15.4. The number of rotatable bonds is 4. The second-order valence-electron chi connectivity index (χ2n) is 3.95. The quantitative estimate of drug-likeness (QED) is 0.801. The van der Waals surface area contributed by atoms with Crippen LogP contribution >= 0.6 is 21.8 Å². The van der Waals surface area contributed by atoms with Crippen molar-refractivity contribution >= 4 is 37.6 Å². The molecule has 0 saturated carbocycles. The summed E-state index contributed by atoms with van der Waals surface area (Å²) in [5, 5.41) is 0. The molecule has 0 fully saturated rings. The van der Waals surface area contributed by atoms with E-state index in [1.165, 1.54) is 0 Å². The van der Waals surface area contributed by atoms with Crippen molar-refractivity contribution in [2.75, 3.05) is 3.71 Å². The Hall–Kier alpha value is -1.17. The third-order valence-electron chi connectivity index (χ3n) is 2.57. The minimum Gasteiger partial charge on any atom is -0.200 e. The Morgan fingerprint density at radius 1 is 1.00 bits per heavy atom. The smallest absolute Gasteiger partial charge is 0.200 e. The molecule has 19 heavy (non-hydrogen) atoms. The topological polar surface area (TPSA) is 37.4 Å². The molecule has 0 aliphatic carbocycles. The molecule has 0 N–H and O–H groups in total. The van der Waals surface area contributed by atoms with Gasteiger partial charge in [-0.1, -0.05) is 35.9 Å². The van der Waals surface area contributed by atoms with Crippen molar-refractivity contribution in [2.24, 2.45) is 0 Å². The van der Waals surface area contributed by atoms with Crippen LogP contribution in [0.25, 0.3) is 0 Å². The maximum atomic E-state index is 12.5. The van der Waals surface area contributed by atoms with Gasteiger partial charge in [0.25, 0.3) is 10.0 Å². The van der Waals surface area contributed by atoms with E-state index < -0.39 is 10.0 Å². The molecule has 0 aliphatic heterocycles. The van der Waals surface area contributed by atoms with E-state index in [-0.39, 0.29) is 4.90 Å². The van der Waals surface area contributed by atoms with E-state index in [4.69, 9.17) is 10.7 Å². The van der Waals surface area contributed by atoms with E-state index in [2.05, 4.69) is 0 Å². The Bertz CT molecular complexity index is 642. The number of halogens is 1. The highest BCUT2D eigenvalue weighted by Gasteiger charge is 2.25. The van der Waals surface area contributed by atoms with Crippen molar-refractivity contribution in [3.05, 3.63) is 60.2 Å². The minimum absolute atomic E-state index is 0.218. The van der Waals surface area contributed by atoms with Crippen LogP contribution in [-0.2, 0) is 10.0 Å². The number of hydrogen-bond donors (Lipinski definition) is 0. The van der Waals surface area contributed by atoms with E-state index >= 15 is 0 Å². The molecule has 0 spiro atoms. The summed E-state index contributed by atoms with van der Waals surface area (Å²) < 4.78 is 26.1.